The van der Waals surface area contributed by atoms with Gasteiger partial charge in [0.05, 0.1) is 22.0 Å². The molecule has 9 heteroatoms. The molecule has 0 spiro atoms. The Morgan fingerprint density at radius 3 is 2.72 bits per heavy atom. The zero-order chi connectivity index (χ0) is 18.2. The number of nitrogens with one attached hydrogen (secondary N) is 2. The molecule has 25 heavy (non-hydrogen) atoms. The summed E-state index contributed by atoms with van der Waals surface area (Å²) in [4.78, 5) is 17.5. The van der Waals surface area contributed by atoms with E-state index in [1.165, 1.54) is 29.5 Å². The third-order valence-electron chi connectivity index (χ3n) is 4.05. The Labute approximate surface area is 150 Å². The van der Waals surface area contributed by atoms with Crippen LogP contribution in [-0.4, -0.2) is 24.8 Å². The normalized spacial score (nSPS) is 15.8. The van der Waals surface area contributed by atoms with Crippen molar-refractivity contribution in [3.8, 4) is 0 Å². The molecule has 1 aromatic carbocycles. The van der Waals surface area contributed by atoms with Gasteiger partial charge in [0.15, 0.2) is 0 Å². The van der Waals surface area contributed by atoms with Crippen LogP contribution in [0, 0.1) is 6.92 Å². The van der Waals surface area contributed by atoms with Crippen LogP contribution >= 0.6 is 11.3 Å². The molecule has 1 amide bonds. The molecule has 0 saturated heterocycles. The van der Waals surface area contributed by atoms with E-state index >= 15 is 0 Å². The first-order chi connectivity index (χ1) is 11.7. The first-order valence-corrected chi connectivity index (χ1v) is 10.1. The van der Waals surface area contributed by atoms with E-state index in [0.717, 1.165) is 22.7 Å². The molecule has 1 aliphatic carbocycles. The predicted octanol–water partition coefficient (Wildman–Crippen LogP) is 1.79. The number of rotatable bonds is 6. The molecule has 1 saturated carbocycles. The van der Waals surface area contributed by atoms with E-state index in [1.807, 2.05) is 13.8 Å². The van der Waals surface area contributed by atoms with Crippen molar-refractivity contribution in [2.45, 2.75) is 43.7 Å². The summed E-state index contributed by atoms with van der Waals surface area (Å²) < 4.78 is 27.6. The minimum atomic E-state index is -3.69. The topological polar surface area (TPSA) is 114 Å². The van der Waals surface area contributed by atoms with Crippen molar-refractivity contribution in [3.05, 3.63) is 39.8 Å². The number of sulfonamides is 1. The number of nitrogens with two attached hydrogens (primary N) is 1. The maximum absolute atomic E-state index is 12.5. The van der Waals surface area contributed by atoms with Crippen LogP contribution in [-0.2, 0) is 16.6 Å². The lowest BCUT2D eigenvalue weighted by atomic mass is 10.1. The molecule has 0 unspecified atom stereocenters. The van der Waals surface area contributed by atoms with Crippen molar-refractivity contribution in [1.82, 2.24) is 15.0 Å². The van der Waals surface area contributed by atoms with Crippen LogP contribution in [0.4, 0.5) is 5.69 Å². The number of hydrogen-bond donors (Lipinski definition) is 3. The molecule has 134 valence electrons. The molecule has 2 aromatic rings. The van der Waals surface area contributed by atoms with Gasteiger partial charge in [-0.25, -0.2) is 18.1 Å². The summed E-state index contributed by atoms with van der Waals surface area (Å²) in [5.41, 5.74) is 5.85. The fourth-order valence-electron chi connectivity index (χ4n) is 2.32. The van der Waals surface area contributed by atoms with Crippen LogP contribution in [0.5, 0.6) is 0 Å². The molecular formula is C16H20N4O3S2. The molecule has 0 radical (unpaired) electrons. The maximum Gasteiger partial charge on any atom is 0.253 e. The Morgan fingerprint density at radius 2 is 2.12 bits per heavy atom. The van der Waals surface area contributed by atoms with Gasteiger partial charge in [-0.3, -0.25) is 4.79 Å². The lowest BCUT2D eigenvalue weighted by molar-refractivity contribution is 0.0952. The average Bonchev–Trinajstić information content (AvgIpc) is 3.10. The Balaban J connectivity index is 1.77. The second-order valence-electron chi connectivity index (χ2n) is 6.44. The van der Waals surface area contributed by atoms with E-state index < -0.39 is 15.9 Å². The number of aryl methyl sites for hydroxylation is 1. The molecule has 4 N–H and O–H groups in total. The van der Waals surface area contributed by atoms with E-state index in [2.05, 4.69) is 15.0 Å². The zero-order valence-electron chi connectivity index (χ0n) is 14.0. The van der Waals surface area contributed by atoms with Gasteiger partial charge < -0.3 is 11.1 Å². The monoisotopic (exact) mass is 380 g/mol. The number of nitrogens with zero attached hydrogens (tertiary/aromatic N) is 1. The summed E-state index contributed by atoms with van der Waals surface area (Å²) >= 11 is 1.49. The minimum absolute atomic E-state index is 0.0357. The van der Waals surface area contributed by atoms with Crippen molar-refractivity contribution in [2.24, 2.45) is 0 Å². The van der Waals surface area contributed by atoms with Crippen LogP contribution < -0.4 is 15.8 Å². The number of benzene rings is 1. The first kappa shape index (κ1) is 17.8. The summed E-state index contributed by atoms with van der Waals surface area (Å²) in [6, 6.07) is 4.17. The summed E-state index contributed by atoms with van der Waals surface area (Å²) in [5, 5.41) is 3.66. The highest BCUT2D eigenvalue weighted by Gasteiger charge is 2.41. The Morgan fingerprint density at radius 1 is 1.40 bits per heavy atom. The van der Waals surface area contributed by atoms with Gasteiger partial charge in [0, 0.05) is 22.3 Å². The van der Waals surface area contributed by atoms with E-state index in [9.17, 15) is 13.2 Å². The van der Waals surface area contributed by atoms with E-state index in [0.29, 0.717) is 6.54 Å². The van der Waals surface area contributed by atoms with Gasteiger partial charge in [-0.2, -0.15) is 0 Å². The standard InChI is InChI=1S/C16H20N4O3S2/c1-10-18-8-11(24-10)9-19-15(21)13-7-12(3-4-14(13)17)25(22,23)20-16(2)5-6-16/h3-4,7-8,20H,5-6,9,17H2,1-2H3,(H,19,21). The number of aromatic nitrogens is 1. The molecule has 0 bridgehead atoms. The van der Waals surface area contributed by atoms with Crippen LogP contribution in [0.3, 0.4) is 0 Å². The zero-order valence-corrected chi connectivity index (χ0v) is 15.6. The van der Waals surface area contributed by atoms with Crippen LogP contribution in [0.25, 0.3) is 0 Å². The second kappa shape index (κ2) is 6.40. The fraction of sp³-hybridized carbons (Fsp3) is 0.375. The van der Waals surface area contributed by atoms with Crippen LogP contribution in [0.15, 0.2) is 29.3 Å². The SMILES string of the molecule is Cc1ncc(CNC(=O)c2cc(S(=O)(=O)NC3(C)CC3)ccc2N)s1. The van der Waals surface area contributed by atoms with Crippen molar-refractivity contribution in [2.75, 3.05) is 5.73 Å². The second-order valence-corrected chi connectivity index (χ2v) is 9.45. The number of carbonyl (C=O) groups is 1. The van der Waals surface area contributed by atoms with Crippen molar-refractivity contribution in [1.29, 1.82) is 0 Å². The van der Waals surface area contributed by atoms with E-state index in [1.54, 1.807) is 6.20 Å². The molecule has 1 aromatic heterocycles. The number of anilines is 1. The van der Waals surface area contributed by atoms with Gasteiger partial charge in [-0.05, 0) is 44.9 Å². The van der Waals surface area contributed by atoms with Crippen LogP contribution in [0.2, 0.25) is 0 Å². The Bertz CT molecular complexity index is 917. The summed E-state index contributed by atoms with van der Waals surface area (Å²) in [6.45, 7) is 4.05. The van der Waals surface area contributed by atoms with Gasteiger partial charge in [-0.1, -0.05) is 0 Å². The lowest BCUT2D eigenvalue weighted by Gasteiger charge is -2.14. The van der Waals surface area contributed by atoms with Gasteiger partial charge in [0.2, 0.25) is 10.0 Å². The van der Waals surface area contributed by atoms with Gasteiger partial charge in [-0.15, -0.1) is 11.3 Å². The quantitative estimate of drug-likeness (QED) is 0.661. The van der Waals surface area contributed by atoms with Crippen molar-refractivity contribution in [3.63, 3.8) is 0 Å². The molecular weight excluding hydrogens is 360 g/mol. The smallest absolute Gasteiger partial charge is 0.253 e. The number of carbonyl (C=O) groups excluding carboxylic acids is 1. The molecule has 1 fully saturated rings. The average molecular weight is 380 g/mol. The highest BCUT2D eigenvalue weighted by molar-refractivity contribution is 7.89. The molecule has 1 heterocycles. The molecule has 3 rings (SSSR count). The largest absolute Gasteiger partial charge is 0.398 e. The molecule has 7 nitrogen and oxygen atoms in total. The van der Waals surface area contributed by atoms with Gasteiger partial charge in [0.25, 0.3) is 5.91 Å². The van der Waals surface area contributed by atoms with Crippen LogP contribution in [0.1, 0.15) is 40.0 Å². The number of thiazole rings is 1. The van der Waals surface area contributed by atoms with E-state index in [-0.39, 0.29) is 21.7 Å². The van der Waals surface area contributed by atoms with E-state index in [4.69, 9.17) is 5.73 Å². The van der Waals surface area contributed by atoms with Gasteiger partial charge in [0.1, 0.15) is 0 Å². The first-order valence-electron chi connectivity index (χ1n) is 7.82. The molecule has 0 atom stereocenters. The molecule has 0 aliphatic heterocycles. The Kier molecular flexibility index (Phi) is 4.56. The highest BCUT2D eigenvalue weighted by Crippen LogP contribution is 2.36. The summed E-state index contributed by atoms with van der Waals surface area (Å²) in [6.07, 6.45) is 3.32. The fourth-order valence-corrected chi connectivity index (χ4v) is 4.55. The lowest BCUT2D eigenvalue weighted by Crippen LogP contribution is -2.34. The highest BCUT2D eigenvalue weighted by atomic mass is 32.2. The number of amides is 1. The third kappa shape index (κ3) is 4.17. The number of hydrogen-bond acceptors (Lipinski definition) is 6. The molecule has 1 aliphatic rings. The summed E-state index contributed by atoms with van der Waals surface area (Å²) in [5.74, 6) is -0.418. The summed E-state index contributed by atoms with van der Waals surface area (Å²) in [7, 11) is -3.69. The predicted molar refractivity (Wildman–Crippen MR) is 96.8 cm³/mol. The van der Waals surface area contributed by atoms with Gasteiger partial charge >= 0.3 is 0 Å². The third-order valence-corrected chi connectivity index (χ3v) is 6.60. The van der Waals surface area contributed by atoms with Crippen molar-refractivity contribution < 1.29 is 13.2 Å². The Hall–Kier alpha value is -1.97. The maximum atomic E-state index is 12.5. The minimum Gasteiger partial charge on any atom is -0.398 e. The van der Waals surface area contributed by atoms with Crippen molar-refractivity contribution >= 4 is 33.0 Å². The number of nitrogen functional groups attached to an aromatic ring is 1.